The Morgan fingerprint density at radius 2 is 2.18 bits per heavy atom. The van der Waals surface area contributed by atoms with Crippen LogP contribution >= 0.6 is 0 Å². The topological polar surface area (TPSA) is 73.6 Å². The molecular weight excluding hydrogens is 287 g/mol. The number of carbonyl (C=O) groups is 1. The molecule has 0 saturated carbocycles. The second-order valence-electron chi connectivity index (χ2n) is 5.64. The molecule has 22 heavy (non-hydrogen) atoms. The Morgan fingerprint density at radius 1 is 1.45 bits per heavy atom. The van der Waals surface area contributed by atoms with Crippen LogP contribution in [0.4, 0.5) is 4.39 Å². The van der Waals surface area contributed by atoms with Crippen molar-refractivity contribution in [1.82, 2.24) is 5.32 Å². The smallest absolute Gasteiger partial charge is 0.227 e. The molecule has 1 aliphatic rings. The Kier molecular flexibility index (Phi) is 5.88. The molecule has 0 atom stereocenters. The summed E-state index contributed by atoms with van der Waals surface area (Å²) < 4.78 is 23.8. The SMILES string of the molecule is COCc1cc(CNC(=O)C2(CN)CCOCC2)ccc1F. The van der Waals surface area contributed by atoms with Gasteiger partial charge < -0.3 is 20.5 Å². The van der Waals surface area contributed by atoms with Crippen LogP contribution in [0, 0.1) is 11.2 Å². The van der Waals surface area contributed by atoms with E-state index in [9.17, 15) is 9.18 Å². The number of carbonyl (C=O) groups excluding carboxylic acids is 1. The van der Waals surface area contributed by atoms with E-state index in [0.717, 1.165) is 5.56 Å². The maximum Gasteiger partial charge on any atom is 0.227 e. The molecule has 5 nitrogen and oxygen atoms in total. The van der Waals surface area contributed by atoms with Crippen LogP contribution in [-0.2, 0) is 27.4 Å². The van der Waals surface area contributed by atoms with Gasteiger partial charge in [-0.25, -0.2) is 4.39 Å². The van der Waals surface area contributed by atoms with Crippen molar-refractivity contribution in [2.45, 2.75) is 26.0 Å². The van der Waals surface area contributed by atoms with Gasteiger partial charge in [-0.3, -0.25) is 4.79 Å². The van der Waals surface area contributed by atoms with Gasteiger partial charge >= 0.3 is 0 Å². The summed E-state index contributed by atoms with van der Waals surface area (Å²) in [6.45, 7) is 1.97. The number of hydrogen-bond donors (Lipinski definition) is 2. The summed E-state index contributed by atoms with van der Waals surface area (Å²) in [5, 5.41) is 2.91. The number of hydrogen-bond acceptors (Lipinski definition) is 4. The number of benzene rings is 1. The molecule has 0 aromatic heterocycles. The van der Waals surface area contributed by atoms with Gasteiger partial charge in [0.15, 0.2) is 0 Å². The fourth-order valence-electron chi connectivity index (χ4n) is 2.66. The predicted molar refractivity (Wildman–Crippen MR) is 80.5 cm³/mol. The lowest BCUT2D eigenvalue weighted by Crippen LogP contribution is -2.48. The minimum atomic E-state index is -0.548. The van der Waals surface area contributed by atoms with E-state index in [1.54, 1.807) is 12.1 Å². The van der Waals surface area contributed by atoms with Crippen LogP contribution in [0.25, 0.3) is 0 Å². The number of nitrogens with one attached hydrogen (secondary N) is 1. The molecule has 1 aromatic rings. The molecule has 122 valence electrons. The summed E-state index contributed by atoms with van der Waals surface area (Å²) in [7, 11) is 1.52. The second kappa shape index (κ2) is 7.67. The molecule has 1 heterocycles. The largest absolute Gasteiger partial charge is 0.381 e. The van der Waals surface area contributed by atoms with Gasteiger partial charge in [0.2, 0.25) is 5.91 Å². The summed E-state index contributed by atoms with van der Waals surface area (Å²) >= 11 is 0. The first-order chi connectivity index (χ1) is 10.6. The van der Waals surface area contributed by atoms with Crippen molar-refractivity contribution in [3.63, 3.8) is 0 Å². The lowest BCUT2D eigenvalue weighted by Gasteiger charge is -2.34. The third-order valence-corrected chi connectivity index (χ3v) is 4.19. The van der Waals surface area contributed by atoms with E-state index < -0.39 is 5.41 Å². The molecule has 1 aliphatic heterocycles. The molecule has 1 aromatic carbocycles. The predicted octanol–water partition coefficient (Wildman–Crippen LogP) is 1.34. The quantitative estimate of drug-likeness (QED) is 0.832. The molecule has 1 amide bonds. The first-order valence-corrected chi connectivity index (χ1v) is 7.43. The van der Waals surface area contributed by atoms with E-state index in [0.29, 0.717) is 44.7 Å². The van der Waals surface area contributed by atoms with Gasteiger partial charge in [0, 0.05) is 39.0 Å². The van der Waals surface area contributed by atoms with Crippen LogP contribution in [0.15, 0.2) is 18.2 Å². The minimum absolute atomic E-state index is 0.0593. The van der Waals surface area contributed by atoms with Crippen molar-refractivity contribution < 1.29 is 18.7 Å². The highest BCUT2D eigenvalue weighted by atomic mass is 19.1. The number of ether oxygens (including phenoxy) is 2. The molecule has 0 spiro atoms. The van der Waals surface area contributed by atoms with E-state index in [1.807, 2.05) is 0 Å². The molecule has 2 rings (SSSR count). The fourth-order valence-corrected chi connectivity index (χ4v) is 2.66. The van der Waals surface area contributed by atoms with Crippen molar-refractivity contribution >= 4 is 5.91 Å². The van der Waals surface area contributed by atoms with Gasteiger partial charge in [0.1, 0.15) is 5.82 Å². The van der Waals surface area contributed by atoms with Crippen molar-refractivity contribution in [1.29, 1.82) is 0 Å². The standard InChI is InChI=1S/C16H23FN2O3/c1-21-10-13-8-12(2-3-14(13)17)9-19-15(20)16(11-18)4-6-22-7-5-16/h2-3,8H,4-7,9-11,18H2,1H3,(H,19,20). The van der Waals surface area contributed by atoms with E-state index in [-0.39, 0.29) is 18.3 Å². The zero-order valence-corrected chi connectivity index (χ0v) is 12.9. The van der Waals surface area contributed by atoms with Gasteiger partial charge in [-0.1, -0.05) is 6.07 Å². The summed E-state index contributed by atoms with van der Waals surface area (Å²) in [5.41, 5.74) is 6.58. The molecule has 6 heteroatoms. The normalized spacial score (nSPS) is 17.2. The first-order valence-electron chi connectivity index (χ1n) is 7.43. The van der Waals surface area contributed by atoms with E-state index in [1.165, 1.54) is 13.2 Å². The molecule has 3 N–H and O–H groups in total. The lowest BCUT2D eigenvalue weighted by atomic mass is 9.79. The summed E-state index contributed by atoms with van der Waals surface area (Å²) in [6, 6.07) is 4.76. The molecule has 1 fully saturated rings. The maximum absolute atomic E-state index is 13.6. The zero-order valence-electron chi connectivity index (χ0n) is 12.9. The molecule has 0 unspecified atom stereocenters. The zero-order chi connectivity index (χ0) is 16.0. The van der Waals surface area contributed by atoms with Crippen LogP contribution in [0.3, 0.4) is 0 Å². The van der Waals surface area contributed by atoms with Crippen LogP contribution < -0.4 is 11.1 Å². The second-order valence-corrected chi connectivity index (χ2v) is 5.64. The minimum Gasteiger partial charge on any atom is -0.381 e. The number of amides is 1. The van der Waals surface area contributed by atoms with E-state index >= 15 is 0 Å². The van der Waals surface area contributed by atoms with Gasteiger partial charge in [-0.05, 0) is 30.5 Å². The molecule has 1 saturated heterocycles. The Hall–Kier alpha value is -1.50. The number of methoxy groups -OCH3 is 1. The van der Waals surface area contributed by atoms with Gasteiger partial charge in [-0.15, -0.1) is 0 Å². The number of rotatable bonds is 6. The highest BCUT2D eigenvalue weighted by molar-refractivity contribution is 5.83. The Morgan fingerprint density at radius 3 is 2.82 bits per heavy atom. The van der Waals surface area contributed by atoms with Crippen molar-refractivity contribution in [3.8, 4) is 0 Å². The van der Waals surface area contributed by atoms with Gasteiger partial charge in [0.05, 0.1) is 12.0 Å². The number of halogens is 1. The molecule has 0 radical (unpaired) electrons. The lowest BCUT2D eigenvalue weighted by molar-refractivity contribution is -0.136. The van der Waals surface area contributed by atoms with E-state index in [4.69, 9.17) is 15.2 Å². The van der Waals surface area contributed by atoms with Crippen LogP contribution in [0.1, 0.15) is 24.0 Å². The van der Waals surface area contributed by atoms with Crippen LogP contribution in [0.2, 0.25) is 0 Å². The summed E-state index contributed by atoms with van der Waals surface area (Å²) in [6.07, 6.45) is 1.27. The number of nitrogens with two attached hydrogens (primary N) is 1. The molecular formula is C16H23FN2O3. The van der Waals surface area contributed by atoms with Crippen LogP contribution in [-0.4, -0.2) is 32.8 Å². The molecule has 0 aliphatic carbocycles. The van der Waals surface area contributed by atoms with Crippen molar-refractivity contribution in [3.05, 3.63) is 35.1 Å². The third kappa shape index (κ3) is 3.82. The maximum atomic E-state index is 13.6. The van der Waals surface area contributed by atoms with Crippen molar-refractivity contribution in [2.24, 2.45) is 11.1 Å². The fraction of sp³-hybridized carbons (Fsp3) is 0.562. The first kappa shape index (κ1) is 16.9. The Labute approximate surface area is 130 Å². The summed E-state index contributed by atoms with van der Waals surface area (Å²) in [4.78, 5) is 12.5. The average Bonchev–Trinajstić information content (AvgIpc) is 2.56. The highest BCUT2D eigenvalue weighted by Crippen LogP contribution is 2.29. The van der Waals surface area contributed by atoms with Gasteiger partial charge in [0.25, 0.3) is 0 Å². The molecule has 0 bridgehead atoms. The monoisotopic (exact) mass is 310 g/mol. The Balaban J connectivity index is 1.99. The van der Waals surface area contributed by atoms with Crippen molar-refractivity contribution in [2.75, 3.05) is 26.9 Å². The third-order valence-electron chi connectivity index (χ3n) is 4.19. The van der Waals surface area contributed by atoms with Crippen LogP contribution in [0.5, 0.6) is 0 Å². The van der Waals surface area contributed by atoms with Gasteiger partial charge in [-0.2, -0.15) is 0 Å². The Bertz CT molecular complexity index is 516. The average molecular weight is 310 g/mol. The van der Waals surface area contributed by atoms with E-state index in [2.05, 4.69) is 5.32 Å². The summed E-state index contributed by atoms with van der Waals surface area (Å²) in [5.74, 6) is -0.365. The highest BCUT2D eigenvalue weighted by Gasteiger charge is 2.38.